The normalized spacial score (nSPS) is 6.80. The standard InChI is InChI=1S/CH2FNO2/c2-1(4)3-5/h5H,(H,3,4). The number of rotatable bonds is 0. The van der Waals surface area contributed by atoms with Gasteiger partial charge in [-0.3, -0.25) is 5.21 Å². The molecule has 30 valence electrons. The maximum Gasteiger partial charge on any atom is 0.421 e. The molecule has 0 aromatic heterocycles. The Morgan fingerprint density at radius 3 is 2.20 bits per heavy atom. The summed E-state index contributed by atoms with van der Waals surface area (Å²) < 4.78 is 10.4. The third kappa shape index (κ3) is 3.36. The SMILES string of the molecule is O=C(F)NO. The summed E-state index contributed by atoms with van der Waals surface area (Å²) in [6.45, 7) is 0. The smallest absolute Gasteiger partial charge is 0.286 e. The average Bonchev–Trinajstić information content (AvgIpc) is 1.38. The lowest BCUT2D eigenvalue weighted by molar-refractivity contribution is 0.144. The summed E-state index contributed by atoms with van der Waals surface area (Å²) >= 11 is 0. The highest BCUT2D eigenvalue weighted by atomic mass is 19.1. The molecule has 0 atom stereocenters. The monoisotopic (exact) mass is 79.0 g/mol. The van der Waals surface area contributed by atoms with Gasteiger partial charge in [0.1, 0.15) is 0 Å². The number of carbonyl (C=O) groups excluding carboxylic acids is 1. The highest BCUT2D eigenvalue weighted by Gasteiger charge is 1.82. The van der Waals surface area contributed by atoms with E-state index in [1.807, 2.05) is 0 Å². The summed E-state index contributed by atoms with van der Waals surface area (Å²) in [6, 6.07) is 0. The second kappa shape index (κ2) is 1.66. The van der Waals surface area contributed by atoms with Gasteiger partial charge in [-0.25, -0.2) is 10.3 Å². The van der Waals surface area contributed by atoms with E-state index < -0.39 is 6.16 Å². The topological polar surface area (TPSA) is 49.3 Å². The number of halogens is 1. The summed E-state index contributed by atoms with van der Waals surface area (Å²) in [5.41, 5.74) is 0.722. The van der Waals surface area contributed by atoms with E-state index in [1.165, 1.54) is 0 Å². The molecule has 0 aliphatic heterocycles. The molecule has 0 aliphatic carbocycles. The molecule has 0 saturated carbocycles. The summed E-state index contributed by atoms with van der Waals surface area (Å²) in [5, 5.41) is 7.17. The maximum absolute atomic E-state index is 10.4. The van der Waals surface area contributed by atoms with Gasteiger partial charge in [-0.1, -0.05) is 0 Å². The number of hydrogen-bond donors (Lipinski definition) is 2. The van der Waals surface area contributed by atoms with Gasteiger partial charge < -0.3 is 0 Å². The quantitative estimate of drug-likeness (QED) is 0.186. The highest BCUT2D eigenvalue weighted by molar-refractivity contribution is 5.63. The Morgan fingerprint density at radius 1 is 2.00 bits per heavy atom. The number of carbonyl (C=O) groups is 1. The largest absolute Gasteiger partial charge is 0.421 e. The lowest BCUT2D eigenvalue weighted by Gasteiger charge is -1.73. The van der Waals surface area contributed by atoms with Crippen LogP contribution in [0.4, 0.5) is 9.18 Å². The van der Waals surface area contributed by atoms with Crippen molar-refractivity contribution < 1.29 is 14.4 Å². The Labute approximate surface area is 27.4 Å². The molecule has 3 nitrogen and oxygen atoms in total. The van der Waals surface area contributed by atoms with Crippen molar-refractivity contribution in [1.29, 1.82) is 0 Å². The van der Waals surface area contributed by atoms with E-state index in [-0.39, 0.29) is 0 Å². The Bertz CT molecular complexity index is 44.9. The lowest BCUT2D eigenvalue weighted by Crippen LogP contribution is -2.09. The van der Waals surface area contributed by atoms with E-state index in [4.69, 9.17) is 10.0 Å². The highest BCUT2D eigenvalue weighted by Crippen LogP contribution is 1.59. The van der Waals surface area contributed by atoms with Gasteiger partial charge in [-0.2, -0.15) is 0 Å². The number of amides is 1. The summed E-state index contributed by atoms with van der Waals surface area (Å²) in [4.78, 5) is 8.78. The van der Waals surface area contributed by atoms with E-state index in [0.29, 0.717) is 0 Å². The summed E-state index contributed by atoms with van der Waals surface area (Å²) in [5.74, 6) is 0. The van der Waals surface area contributed by atoms with E-state index in [1.54, 1.807) is 0 Å². The van der Waals surface area contributed by atoms with Crippen molar-refractivity contribution in [2.24, 2.45) is 0 Å². The minimum absolute atomic E-state index is 0.722. The minimum Gasteiger partial charge on any atom is -0.286 e. The van der Waals surface area contributed by atoms with Gasteiger partial charge >= 0.3 is 6.16 Å². The molecule has 0 heterocycles. The first-order valence-electron chi connectivity index (χ1n) is 0.867. The van der Waals surface area contributed by atoms with Crippen LogP contribution in [-0.4, -0.2) is 11.4 Å². The van der Waals surface area contributed by atoms with E-state index in [0.717, 1.165) is 5.48 Å². The van der Waals surface area contributed by atoms with Crippen LogP contribution in [0, 0.1) is 0 Å². The Kier molecular flexibility index (Phi) is 1.45. The van der Waals surface area contributed by atoms with E-state index >= 15 is 0 Å². The average molecular weight is 79.0 g/mol. The fourth-order valence-electron chi connectivity index (χ4n) is 0. The summed E-state index contributed by atoms with van der Waals surface area (Å²) in [7, 11) is 0. The zero-order chi connectivity index (χ0) is 4.28. The zero-order valence-corrected chi connectivity index (χ0v) is 2.23. The van der Waals surface area contributed by atoms with Crippen molar-refractivity contribution in [3.8, 4) is 0 Å². The fourth-order valence-corrected chi connectivity index (χ4v) is 0. The Morgan fingerprint density at radius 2 is 2.20 bits per heavy atom. The van der Waals surface area contributed by atoms with E-state index in [2.05, 4.69) is 0 Å². The molecule has 5 heavy (non-hydrogen) atoms. The molecule has 0 radical (unpaired) electrons. The van der Waals surface area contributed by atoms with Crippen LogP contribution in [0.25, 0.3) is 0 Å². The fraction of sp³-hybridized carbons (Fsp3) is 0. The van der Waals surface area contributed by atoms with Gasteiger partial charge in [0.15, 0.2) is 0 Å². The Balaban J connectivity index is 2.85. The molecule has 0 aliphatic rings. The molecule has 0 rings (SSSR count). The van der Waals surface area contributed by atoms with Crippen LogP contribution < -0.4 is 5.48 Å². The van der Waals surface area contributed by atoms with Crippen LogP contribution >= 0.6 is 0 Å². The molecule has 0 fully saturated rings. The van der Waals surface area contributed by atoms with Crippen molar-refractivity contribution >= 4 is 6.16 Å². The van der Waals surface area contributed by atoms with Crippen molar-refractivity contribution in [2.75, 3.05) is 0 Å². The molecular weight excluding hydrogens is 77.0 g/mol. The molecule has 0 aromatic carbocycles. The second-order valence-corrected chi connectivity index (χ2v) is 0.386. The summed E-state index contributed by atoms with van der Waals surface area (Å²) in [6.07, 6.45) is -1.94. The third-order valence-electron chi connectivity index (χ3n) is 0.0879. The van der Waals surface area contributed by atoms with Gasteiger partial charge in [-0.05, 0) is 0 Å². The molecule has 0 bridgehead atoms. The van der Waals surface area contributed by atoms with Gasteiger partial charge in [0, 0.05) is 0 Å². The van der Waals surface area contributed by atoms with E-state index in [9.17, 15) is 4.39 Å². The first kappa shape index (κ1) is 4.36. The second-order valence-electron chi connectivity index (χ2n) is 0.386. The van der Waals surface area contributed by atoms with Gasteiger partial charge in [0.25, 0.3) is 0 Å². The first-order valence-corrected chi connectivity index (χ1v) is 0.867. The van der Waals surface area contributed by atoms with Gasteiger partial charge in [0.05, 0.1) is 0 Å². The molecule has 2 N–H and O–H groups in total. The number of nitrogens with one attached hydrogen (secondary N) is 1. The zero-order valence-electron chi connectivity index (χ0n) is 2.23. The molecule has 4 heteroatoms. The maximum atomic E-state index is 10.4. The predicted molar refractivity (Wildman–Crippen MR) is 11.4 cm³/mol. The van der Waals surface area contributed by atoms with Crippen molar-refractivity contribution in [3.05, 3.63) is 0 Å². The van der Waals surface area contributed by atoms with Crippen LogP contribution in [0.5, 0.6) is 0 Å². The molecule has 0 aromatic rings. The third-order valence-corrected chi connectivity index (χ3v) is 0.0879. The predicted octanol–water partition coefficient (Wildman–Crippen LogP) is 0.0547. The lowest BCUT2D eigenvalue weighted by atomic mass is 11.4. The number of hydroxylamine groups is 1. The molecule has 1 amide bonds. The van der Waals surface area contributed by atoms with Crippen LogP contribution in [0.3, 0.4) is 0 Å². The number of hydrogen-bond acceptors (Lipinski definition) is 2. The van der Waals surface area contributed by atoms with Crippen molar-refractivity contribution in [3.63, 3.8) is 0 Å². The first-order chi connectivity index (χ1) is 2.27. The van der Waals surface area contributed by atoms with Crippen LogP contribution in [0.2, 0.25) is 0 Å². The molecular formula is CH2FNO2. The van der Waals surface area contributed by atoms with Crippen LogP contribution in [0.1, 0.15) is 0 Å². The Hall–Kier alpha value is -0.640. The minimum atomic E-state index is -1.94. The molecule has 0 saturated heterocycles. The van der Waals surface area contributed by atoms with Crippen molar-refractivity contribution in [2.45, 2.75) is 0 Å². The van der Waals surface area contributed by atoms with Crippen molar-refractivity contribution in [1.82, 2.24) is 5.48 Å². The molecule has 0 spiro atoms. The van der Waals surface area contributed by atoms with Crippen LogP contribution in [0.15, 0.2) is 0 Å². The van der Waals surface area contributed by atoms with Crippen LogP contribution in [-0.2, 0) is 0 Å². The van der Waals surface area contributed by atoms with Gasteiger partial charge in [0.2, 0.25) is 0 Å². The molecule has 0 unspecified atom stereocenters. The van der Waals surface area contributed by atoms with Gasteiger partial charge in [-0.15, -0.1) is 4.39 Å².